The van der Waals surface area contributed by atoms with E-state index in [9.17, 15) is 9.59 Å². The first-order chi connectivity index (χ1) is 15.1. The van der Waals surface area contributed by atoms with Crippen molar-refractivity contribution in [1.82, 2.24) is 0 Å². The van der Waals surface area contributed by atoms with E-state index in [-0.39, 0.29) is 28.3 Å². The molecule has 0 aromatic carbocycles. The van der Waals surface area contributed by atoms with E-state index in [1.807, 2.05) is 0 Å². The Labute approximate surface area is 203 Å². The van der Waals surface area contributed by atoms with E-state index in [0.29, 0.717) is 47.3 Å². The van der Waals surface area contributed by atoms with Crippen LogP contribution in [0, 0.1) is 46.3 Å². The number of halogens is 1. The molecule has 0 amide bonds. The molecule has 3 unspecified atom stereocenters. The lowest BCUT2D eigenvalue weighted by molar-refractivity contribution is -0.185. The summed E-state index contributed by atoms with van der Waals surface area (Å²) in [6.07, 6.45) is 11.6. The van der Waals surface area contributed by atoms with Crippen molar-refractivity contribution < 1.29 is 19.1 Å². The molecule has 0 radical (unpaired) electrons. The number of hydrogen-bond acceptors (Lipinski definition) is 4. The third-order valence-electron chi connectivity index (χ3n) is 10.7. The second-order valence-electron chi connectivity index (χ2n) is 12.0. The number of esters is 2. The molecular weight excluding hydrogens is 468 g/mol. The summed E-state index contributed by atoms with van der Waals surface area (Å²) in [4.78, 5) is 24.2. The Kier molecular flexibility index (Phi) is 7.08. The molecule has 5 heteroatoms. The van der Waals surface area contributed by atoms with E-state index >= 15 is 0 Å². The Balaban J connectivity index is 1.63. The second-order valence-corrected chi connectivity index (χ2v) is 13.0. The van der Waals surface area contributed by atoms with Gasteiger partial charge in [-0.3, -0.25) is 9.59 Å². The molecule has 4 aliphatic rings. The van der Waals surface area contributed by atoms with Crippen LogP contribution in [0.5, 0.6) is 0 Å². The predicted molar refractivity (Wildman–Crippen MR) is 129 cm³/mol. The van der Waals surface area contributed by atoms with Crippen LogP contribution in [0.2, 0.25) is 0 Å². The molecule has 4 aliphatic carbocycles. The van der Waals surface area contributed by atoms with E-state index in [4.69, 9.17) is 9.47 Å². The third-order valence-corrected chi connectivity index (χ3v) is 11.8. The van der Waals surface area contributed by atoms with Crippen LogP contribution in [0.15, 0.2) is 0 Å². The fraction of sp³-hybridized carbons (Fsp3) is 0.926. The van der Waals surface area contributed by atoms with Gasteiger partial charge in [0.2, 0.25) is 0 Å². The van der Waals surface area contributed by atoms with E-state index in [0.717, 1.165) is 6.42 Å². The molecule has 0 heterocycles. The molecule has 0 aromatic rings. The van der Waals surface area contributed by atoms with E-state index in [2.05, 4.69) is 36.7 Å². The largest absolute Gasteiger partial charge is 0.469 e. The topological polar surface area (TPSA) is 52.6 Å². The number of methoxy groups -OCH3 is 1. The number of ether oxygens (including phenoxy) is 2. The van der Waals surface area contributed by atoms with Crippen molar-refractivity contribution in [3.8, 4) is 0 Å². The molecule has 32 heavy (non-hydrogen) atoms. The summed E-state index contributed by atoms with van der Waals surface area (Å²) in [7, 11) is 1.48. The van der Waals surface area contributed by atoms with Gasteiger partial charge in [0, 0.05) is 19.3 Å². The number of rotatable bonds is 5. The Bertz CT molecular complexity index is 724. The predicted octanol–water partition coefficient (Wildman–Crippen LogP) is 6.54. The molecule has 0 aliphatic heterocycles. The Morgan fingerprint density at radius 1 is 1.00 bits per heavy atom. The van der Waals surface area contributed by atoms with Crippen LogP contribution in [0.4, 0.5) is 0 Å². The maximum absolute atomic E-state index is 12.2. The van der Waals surface area contributed by atoms with Crippen LogP contribution in [-0.2, 0) is 19.1 Å². The normalized spacial score (nSPS) is 46.4. The fourth-order valence-corrected chi connectivity index (χ4v) is 10.5. The highest BCUT2D eigenvalue weighted by Gasteiger charge is 2.65. The molecular formula is C27H43BrO4. The zero-order valence-electron chi connectivity index (χ0n) is 20.7. The summed E-state index contributed by atoms with van der Waals surface area (Å²) < 4.78 is 11.1. The molecule has 182 valence electrons. The highest BCUT2D eigenvalue weighted by Crippen LogP contribution is 2.69. The van der Waals surface area contributed by atoms with Crippen LogP contribution in [-0.4, -0.2) is 30.0 Å². The Hall–Kier alpha value is -0.580. The van der Waals surface area contributed by atoms with Gasteiger partial charge in [-0.25, -0.2) is 0 Å². The minimum atomic E-state index is -0.133. The maximum Gasteiger partial charge on any atom is 0.305 e. The third kappa shape index (κ3) is 3.96. The van der Waals surface area contributed by atoms with Crippen molar-refractivity contribution in [3.05, 3.63) is 0 Å². The molecule has 4 saturated carbocycles. The summed E-state index contributed by atoms with van der Waals surface area (Å²) >= 11 is 4.10. The van der Waals surface area contributed by atoms with Crippen molar-refractivity contribution >= 4 is 27.9 Å². The molecule has 10 atom stereocenters. The van der Waals surface area contributed by atoms with Gasteiger partial charge in [-0.1, -0.05) is 49.5 Å². The van der Waals surface area contributed by atoms with Crippen molar-refractivity contribution in [2.45, 2.75) is 103 Å². The first kappa shape index (κ1) is 24.5. The summed E-state index contributed by atoms with van der Waals surface area (Å²) in [5.41, 5.74) is 0.614. The number of hydrogen-bond donors (Lipinski definition) is 0. The molecule has 0 spiro atoms. The van der Waals surface area contributed by atoms with Crippen molar-refractivity contribution in [2.75, 3.05) is 7.11 Å². The van der Waals surface area contributed by atoms with Gasteiger partial charge in [0.25, 0.3) is 0 Å². The number of carbonyl (C=O) groups is 2. The average molecular weight is 512 g/mol. The molecule has 0 bridgehead atoms. The molecule has 0 aromatic heterocycles. The Morgan fingerprint density at radius 2 is 1.72 bits per heavy atom. The highest BCUT2D eigenvalue weighted by molar-refractivity contribution is 9.09. The van der Waals surface area contributed by atoms with Gasteiger partial charge >= 0.3 is 11.9 Å². The van der Waals surface area contributed by atoms with Gasteiger partial charge in [-0.2, -0.15) is 0 Å². The SMILES string of the molecule is COC(=O)CC[C@H](C)[C@H]1CCC2C3C(CC[C@@]21C)[C@@]1(C)CCCC[C@H]1[C@@H](Br)[C@H]3OC(C)=O. The molecule has 4 nitrogen and oxygen atoms in total. The standard InChI is InChI=1S/C27H43BrO4/c1-16(9-12-22(30)31-5)18-10-11-19-23-20(13-15-27(18,19)4)26(3)14-7-6-8-21(26)24(28)25(23)32-17(2)29/h16,18-21,23-25H,6-15H2,1-5H3/t16-,18+,19?,20?,21-,23?,24+,25-,26+,27+/m0/s1. The fourth-order valence-electron chi connectivity index (χ4n) is 9.19. The van der Waals surface area contributed by atoms with Gasteiger partial charge in [0.05, 0.1) is 11.9 Å². The lowest BCUT2D eigenvalue weighted by Gasteiger charge is -2.63. The van der Waals surface area contributed by atoms with E-state index in [1.165, 1.54) is 58.5 Å². The lowest BCUT2D eigenvalue weighted by Crippen LogP contribution is -2.62. The van der Waals surface area contributed by atoms with Crippen LogP contribution < -0.4 is 0 Å². The first-order valence-corrected chi connectivity index (χ1v) is 13.9. The van der Waals surface area contributed by atoms with Crippen LogP contribution in [0.3, 0.4) is 0 Å². The zero-order chi connectivity index (χ0) is 23.3. The van der Waals surface area contributed by atoms with Crippen LogP contribution >= 0.6 is 15.9 Å². The van der Waals surface area contributed by atoms with Crippen molar-refractivity contribution in [3.63, 3.8) is 0 Å². The van der Waals surface area contributed by atoms with Crippen molar-refractivity contribution in [1.29, 1.82) is 0 Å². The van der Waals surface area contributed by atoms with E-state index in [1.54, 1.807) is 6.92 Å². The maximum atomic E-state index is 12.2. The number of carbonyl (C=O) groups excluding carboxylic acids is 2. The quantitative estimate of drug-likeness (QED) is 0.311. The first-order valence-electron chi connectivity index (χ1n) is 13.0. The highest BCUT2D eigenvalue weighted by atomic mass is 79.9. The minimum Gasteiger partial charge on any atom is -0.469 e. The van der Waals surface area contributed by atoms with Gasteiger partial charge in [0.1, 0.15) is 6.10 Å². The summed E-state index contributed by atoms with van der Waals surface area (Å²) in [6.45, 7) is 8.99. The van der Waals surface area contributed by atoms with Crippen LogP contribution in [0.25, 0.3) is 0 Å². The molecule has 0 saturated heterocycles. The van der Waals surface area contributed by atoms with Gasteiger partial charge in [0.15, 0.2) is 0 Å². The lowest BCUT2D eigenvalue weighted by atomic mass is 9.43. The van der Waals surface area contributed by atoms with Gasteiger partial charge < -0.3 is 9.47 Å². The minimum absolute atomic E-state index is 0.0116. The summed E-state index contributed by atoms with van der Waals surface area (Å²) in [5, 5.41) is 0. The number of fused-ring (bicyclic) bond motifs is 5. The monoisotopic (exact) mass is 510 g/mol. The average Bonchev–Trinajstić information content (AvgIpc) is 3.11. The summed E-state index contributed by atoms with van der Waals surface area (Å²) in [5.74, 6) is 3.19. The van der Waals surface area contributed by atoms with Gasteiger partial charge in [-0.15, -0.1) is 0 Å². The van der Waals surface area contributed by atoms with E-state index < -0.39 is 0 Å². The van der Waals surface area contributed by atoms with Gasteiger partial charge in [-0.05, 0) is 85.4 Å². The number of alkyl halides is 1. The molecule has 4 fully saturated rings. The van der Waals surface area contributed by atoms with Crippen LogP contribution in [0.1, 0.15) is 91.9 Å². The molecule has 4 rings (SSSR count). The Morgan fingerprint density at radius 3 is 2.41 bits per heavy atom. The summed E-state index contributed by atoms with van der Waals surface area (Å²) in [6, 6.07) is 0. The zero-order valence-corrected chi connectivity index (χ0v) is 22.3. The van der Waals surface area contributed by atoms with Crippen molar-refractivity contribution in [2.24, 2.45) is 46.3 Å². The second kappa shape index (κ2) is 9.23. The molecule has 0 N–H and O–H groups in total. The smallest absolute Gasteiger partial charge is 0.305 e.